The van der Waals surface area contributed by atoms with Crippen molar-refractivity contribution >= 4 is 11.8 Å². The summed E-state index contributed by atoms with van der Waals surface area (Å²) in [5.41, 5.74) is 0. The van der Waals surface area contributed by atoms with Crippen LogP contribution in [0.3, 0.4) is 0 Å². The SMILES string of the molecule is COCc1ccc(C(=O)N2CCCC2C(=O)NC2CC2)o1. The quantitative estimate of drug-likeness (QED) is 0.888. The molecule has 0 spiro atoms. The number of likely N-dealkylation sites (tertiary alicyclic amines) is 1. The minimum Gasteiger partial charge on any atom is -0.453 e. The third-order valence-electron chi connectivity index (χ3n) is 3.90. The van der Waals surface area contributed by atoms with Gasteiger partial charge >= 0.3 is 0 Å². The van der Waals surface area contributed by atoms with Crippen molar-refractivity contribution < 1.29 is 18.7 Å². The van der Waals surface area contributed by atoms with Crippen molar-refractivity contribution in [2.75, 3.05) is 13.7 Å². The minimum atomic E-state index is -0.367. The number of carbonyl (C=O) groups is 2. The minimum absolute atomic E-state index is 0.0352. The summed E-state index contributed by atoms with van der Waals surface area (Å²) in [4.78, 5) is 26.3. The molecule has 1 aliphatic heterocycles. The molecule has 1 unspecified atom stereocenters. The highest BCUT2D eigenvalue weighted by Crippen LogP contribution is 2.24. The van der Waals surface area contributed by atoms with Crippen LogP contribution in [0.1, 0.15) is 42.0 Å². The van der Waals surface area contributed by atoms with Gasteiger partial charge in [0, 0.05) is 19.7 Å². The summed E-state index contributed by atoms with van der Waals surface area (Å²) in [7, 11) is 1.57. The topological polar surface area (TPSA) is 71.8 Å². The van der Waals surface area contributed by atoms with Gasteiger partial charge in [-0.15, -0.1) is 0 Å². The molecule has 0 bridgehead atoms. The number of methoxy groups -OCH3 is 1. The number of hydrogen-bond donors (Lipinski definition) is 1. The summed E-state index contributed by atoms with van der Waals surface area (Å²) >= 11 is 0. The Morgan fingerprint density at radius 1 is 1.38 bits per heavy atom. The van der Waals surface area contributed by atoms with Crippen molar-refractivity contribution in [1.29, 1.82) is 0 Å². The monoisotopic (exact) mass is 292 g/mol. The molecule has 1 atom stereocenters. The molecule has 1 saturated heterocycles. The molecule has 1 aromatic rings. The Hall–Kier alpha value is -1.82. The van der Waals surface area contributed by atoms with E-state index in [0.29, 0.717) is 25.0 Å². The molecular formula is C15H20N2O4. The summed E-state index contributed by atoms with van der Waals surface area (Å²) < 4.78 is 10.4. The average Bonchev–Trinajstić information content (AvgIpc) is 2.98. The highest BCUT2D eigenvalue weighted by molar-refractivity contribution is 5.96. The first-order valence-corrected chi connectivity index (χ1v) is 7.38. The molecule has 2 aliphatic rings. The van der Waals surface area contributed by atoms with Gasteiger partial charge in [-0.05, 0) is 37.8 Å². The summed E-state index contributed by atoms with van der Waals surface area (Å²) in [6.45, 7) is 0.931. The van der Waals surface area contributed by atoms with Crippen molar-refractivity contribution in [2.45, 2.75) is 44.4 Å². The van der Waals surface area contributed by atoms with Crippen LogP contribution in [0.4, 0.5) is 0 Å². The number of amides is 2. The van der Waals surface area contributed by atoms with Crippen LogP contribution in [0.15, 0.2) is 16.5 Å². The lowest BCUT2D eigenvalue weighted by Gasteiger charge is -2.23. The first-order valence-electron chi connectivity index (χ1n) is 7.38. The lowest BCUT2D eigenvalue weighted by atomic mass is 10.2. The predicted molar refractivity (Wildman–Crippen MR) is 74.6 cm³/mol. The molecule has 2 fully saturated rings. The van der Waals surface area contributed by atoms with Crippen LogP contribution in [-0.4, -0.2) is 42.5 Å². The summed E-state index contributed by atoms with van der Waals surface area (Å²) in [5.74, 6) is 0.630. The Bertz CT molecular complexity index is 536. The third kappa shape index (κ3) is 3.10. The van der Waals surface area contributed by atoms with Crippen LogP contribution in [0.2, 0.25) is 0 Å². The van der Waals surface area contributed by atoms with Crippen molar-refractivity contribution in [1.82, 2.24) is 10.2 Å². The van der Waals surface area contributed by atoms with Gasteiger partial charge in [0.15, 0.2) is 5.76 Å². The van der Waals surface area contributed by atoms with Crippen LogP contribution in [0.25, 0.3) is 0 Å². The summed E-state index contributed by atoms with van der Waals surface area (Å²) in [5, 5.41) is 2.97. The smallest absolute Gasteiger partial charge is 0.290 e. The fourth-order valence-electron chi connectivity index (χ4n) is 2.66. The van der Waals surface area contributed by atoms with Crippen LogP contribution < -0.4 is 5.32 Å². The van der Waals surface area contributed by atoms with Crippen LogP contribution >= 0.6 is 0 Å². The number of hydrogen-bond acceptors (Lipinski definition) is 4. The Kier molecular flexibility index (Phi) is 3.96. The van der Waals surface area contributed by atoms with E-state index in [0.717, 1.165) is 25.7 Å². The Balaban J connectivity index is 1.67. The lowest BCUT2D eigenvalue weighted by molar-refractivity contribution is -0.125. The maximum atomic E-state index is 12.5. The first kappa shape index (κ1) is 14.1. The van der Waals surface area contributed by atoms with E-state index in [4.69, 9.17) is 9.15 Å². The fraction of sp³-hybridized carbons (Fsp3) is 0.600. The van der Waals surface area contributed by atoms with E-state index < -0.39 is 0 Å². The number of nitrogens with zero attached hydrogens (tertiary/aromatic N) is 1. The molecule has 1 aromatic heterocycles. The molecule has 114 valence electrons. The zero-order valence-electron chi connectivity index (χ0n) is 12.1. The lowest BCUT2D eigenvalue weighted by Crippen LogP contribution is -2.46. The highest BCUT2D eigenvalue weighted by atomic mass is 16.5. The fourth-order valence-corrected chi connectivity index (χ4v) is 2.66. The second-order valence-corrected chi connectivity index (χ2v) is 5.64. The first-order chi connectivity index (χ1) is 10.2. The number of ether oxygens (including phenoxy) is 1. The van der Waals surface area contributed by atoms with Crippen LogP contribution in [0, 0.1) is 0 Å². The molecule has 6 heteroatoms. The molecule has 1 N–H and O–H groups in total. The van der Waals surface area contributed by atoms with Gasteiger partial charge in [0.25, 0.3) is 5.91 Å². The predicted octanol–water partition coefficient (Wildman–Crippen LogP) is 1.31. The molecule has 2 amide bonds. The van der Waals surface area contributed by atoms with Crippen molar-refractivity contribution in [3.8, 4) is 0 Å². The van der Waals surface area contributed by atoms with Crippen molar-refractivity contribution in [3.05, 3.63) is 23.7 Å². The van der Waals surface area contributed by atoms with Gasteiger partial charge in [0.1, 0.15) is 18.4 Å². The summed E-state index contributed by atoms with van der Waals surface area (Å²) in [6, 6.07) is 3.32. The van der Waals surface area contributed by atoms with Gasteiger partial charge in [-0.25, -0.2) is 0 Å². The van der Waals surface area contributed by atoms with Gasteiger partial charge in [0.2, 0.25) is 5.91 Å². The molecule has 21 heavy (non-hydrogen) atoms. The van der Waals surface area contributed by atoms with Gasteiger partial charge in [-0.2, -0.15) is 0 Å². The van der Waals surface area contributed by atoms with E-state index in [9.17, 15) is 9.59 Å². The standard InChI is InChI=1S/C15H20N2O4/c1-20-9-11-6-7-13(21-11)15(19)17-8-2-3-12(17)14(18)16-10-4-5-10/h6-7,10,12H,2-5,8-9H2,1H3,(H,16,18). The van der Waals surface area contributed by atoms with Gasteiger partial charge in [-0.3, -0.25) is 9.59 Å². The van der Waals surface area contributed by atoms with Gasteiger partial charge in [-0.1, -0.05) is 0 Å². The zero-order chi connectivity index (χ0) is 14.8. The maximum absolute atomic E-state index is 12.5. The molecule has 0 aromatic carbocycles. The molecule has 0 radical (unpaired) electrons. The Labute approximate surface area is 123 Å². The van der Waals surface area contributed by atoms with Crippen molar-refractivity contribution in [2.24, 2.45) is 0 Å². The van der Waals surface area contributed by atoms with E-state index in [-0.39, 0.29) is 23.6 Å². The van der Waals surface area contributed by atoms with Crippen LogP contribution in [-0.2, 0) is 16.1 Å². The number of rotatable bonds is 5. The zero-order valence-corrected chi connectivity index (χ0v) is 12.1. The number of carbonyl (C=O) groups excluding carboxylic acids is 2. The van der Waals surface area contributed by atoms with Gasteiger partial charge in [0.05, 0.1) is 0 Å². The average molecular weight is 292 g/mol. The second-order valence-electron chi connectivity index (χ2n) is 5.64. The molecular weight excluding hydrogens is 272 g/mol. The van der Waals surface area contributed by atoms with E-state index in [1.165, 1.54) is 0 Å². The largest absolute Gasteiger partial charge is 0.453 e. The molecule has 1 aliphatic carbocycles. The number of furan rings is 1. The van der Waals surface area contributed by atoms with E-state index >= 15 is 0 Å². The normalized spacial score (nSPS) is 21.6. The Morgan fingerprint density at radius 2 is 2.19 bits per heavy atom. The maximum Gasteiger partial charge on any atom is 0.290 e. The van der Waals surface area contributed by atoms with Gasteiger partial charge < -0.3 is 19.4 Å². The molecule has 1 saturated carbocycles. The third-order valence-corrected chi connectivity index (χ3v) is 3.90. The molecule has 3 rings (SSSR count). The summed E-state index contributed by atoms with van der Waals surface area (Å²) in [6.07, 6.45) is 3.66. The Morgan fingerprint density at radius 3 is 2.90 bits per heavy atom. The van der Waals surface area contributed by atoms with Crippen molar-refractivity contribution in [3.63, 3.8) is 0 Å². The second kappa shape index (κ2) is 5.89. The molecule has 6 nitrogen and oxygen atoms in total. The van der Waals surface area contributed by atoms with Crippen LogP contribution in [0.5, 0.6) is 0 Å². The van der Waals surface area contributed by atoms with E-state index in [1.807, 2.05) is 0 Å². The van der Waals surface area contributed by atoms with E-state index in [2.05, 4.69) is 5.32 Å². The van der Waals surface area contributed by atoms with E-state index in [1.54, 1.807) is 24.1 Å². The number of nitrogens with one attached hydrogen (secondary N) is 1. The highest BCUT2D eigenvalue weighted by Gasteiger charge is 2.37. The molecule has 2 heterocycles.